The van der Waals surface area contributed by atoms with Crippen LogP contribution in [-0.4, -0.2) is 83.5 Å². The van der Waals surface area contributed by atoms with Gasteiger partial charge in [0.15, 0.2) is 16.6 Å². The van der Waals surface area contributed by atoms with Gasteiger partial charge in [-0.3, -0.25) is 19.2 Å². The number of epoxide rings is 1. The number of amides is 1. The van der Waals surface area contributed by atoms with E-state index in [2.05, 4.69) is 100 Å². The molecule has 1 aromatic carbocycles. The van der Waals surface area contributed by atoms with Crippen molar-refractivity contribution in [2.45, 2.75) is 161 Å². The quantitative estimate of drug-likeness (QED) is 0.0378. The number of carbonyl (C=O) groups is 3. The van der Waals surface area contributed by atoms with Crippen LogP contribution in [0.4, 0.5) is 0 Å². The van der Waals surface area contributed by atoms with Gasteiger partial charge < -0.3 is 23.1 Å². The molecule has 3 fully saturated rings. The number of rotatable bonds is 17. The summed E-state index contributed by atoms with van der Waals surface area (Å²) in [5.74, 6) is -0.496. The second-order valence-electron chi connectivity index (χ2n) is 21.0. The first-order valence-corrected chi connectivity index (χ1v) is 27.8. The lowest BCUT2D eigenvalue weighted by atomic mass is 9.62. The SMILES string of the molecule is C=CCOC(=O)C(CN(OCc1ccc(OC)cc1)C(=O)CC(=O)[C@@H]1[C@H]2CC[C@H](C)C[C@@H]2C=C[C@@H]1C)[C@]1(O[Si](C)(C)C(C)(C)C)CC[C@H](O[Si](C)(C)C(C)(C)C)[C@@H]2O[C@@H]21. The van der Waals surface area contributed by atoms with Crippen molar-refractivity contribution >= 4 is 34.3 Å². The second kappa shape index (κ2) is 18.4. The molecule has 0 bridgehead atoms. The lowest BCUT2D eigenvalue weighted by molar-refractivity contribution is -0.206. The zero-order chi connectivity index (χ0) is 43.7. The molecule has 59 heavy (non-hydrogen) atoms. The summed E-state index contributed by atoms with van der Waals surface area (Å²) in [5.41, 5.74) is -0.355. The van der Waals surface area contributed by atoms with Crippen LogP contribution < -0.4 is 4.74 Å². The molecular formula is C47H75NO9Si2. The van der Waals surface area contributed by atoms with Crippen molar-refractivity contribution in [1.29, 1.82) is 0 Å². The molecule has 1 heterocycles. The highest BCUT2D eigenvalue weighted by molar-refractivity contribution is 6.74. The van der Waals surface area contributed by atoms with E-state index >= 15 is 0 Å². The summed E-state index contributed by atoms with van der Waals surface area (Å²) < 4.78 is 32.3. The van der Waals surface area contributed by atoms with Crippen LogP contribution in [-0.2, 0) is 44.2 Å². The van der Waals surface area contributed by atoms with E-state index in [1.807, 2.05) is 24.3 Å². The maximum atomic E-state index is 14.7. The van der Waals surface area contributed by atoms with E-state index in [-0.39, 0.29) is 72.0 Å². The van der Waals surface area contributed by atoms with Crippen LogP contribution in [0.5, 0.6) is 5.75 Å². The Labute approximate surface area is 357 Å². The summed E-state index contributed by atoms with van der Waals surface area (Å²) in [4.78, 5) is 50.2. The molecule has 0 aromatic heterocycles. The molecule has 4 aliphatic rings. The molecule has 0 spiro atoms. The molecule has 1 aliphatic heterocycles. The average molecular weight is 854 g/mol. The first-order valence-electron chi connectivity index (χ1n) is 22.0. The standard InChI is InChI=1S/C47H75NO9Si2/c1-15-26-53-44(51)37(47(57-59(13,14)46(7,8)9)25-24-39(42-43(47)55-42)56-58(11,12)45(4,5)6)29-48(54-30-33-18-21-35(52-10)22-19-33)40(50)28-38(49)41-32(3)17-20-34-27-31(2)16-23-36(34)41/h15,17-22,31-32,34,36-37,39,41-43H,1,16,23-30H2,2-14H3/t31-,32-,34-,36-,37?,39-,41-,42-,43-,47+/m0/s1. The van der Waals surface area contributed by atoms with Crippen LogP contribution in [0.15, 0.2) is 49.1 Å². The van der Waals surface area contributed by atoms with Gasteiger partial charge >= 0.3 is 5.97 Å². The van der Waals surface area contributed by atoms with Gasteiger partial charge in [-0.05, 0) is 103 Å². The van der Waals surface area contributed by atoms with Gasteiger partial charge in [0.25, 0.3) is 5.91 Å². The number of benzene rings is 1. The summed E-state index contributed by atoms with van der Waals surface area (Å²) in [6.45, 7) is 30.1. The topological polar surface area (TPSA) is 113 Å². The van der Waals surface area contributed by atoms with Crippen LogP contribution in [0.3, 0.4) is 0 Å². The Morgan fingerprint density at radius 3 is 2.24 bits per heavy atom. The minimum absolute atomic E-state index is 0.00212. The molecule has 12 heteroatoms. The minimum atomic E-state index is -2.61. The first kappa shape index (κ1) is 47.4. The van der Waals surface area contributed by atoms with Gasteiger partial charge in [-0.2, -0.15) is 0 Å². The molecule has 330 valence electrons. The predicted molar refractivity (Wildman–Crippen MR) is 237 cm³/mol. The lowest BCUT2D eigenvalue weighted by Crippen LogP contribution is -2.63. The highest BCUT2D eigenvalue weighted by Gasteiger charge is 2.69. The fourth-order valence-corrected chi connectivity index (χ4v) is 12.1. The molecule has 1 unspecified atom stereocenters. The number of fused-ring (bicyclic) bond motifs is 2. The third kappa shape index (κ3) is 10.7. The Morgan fingerprint density at radius 2 is 1.63 bits per heavy atom. The smallest absolute Gasteiger partial charge is 0.314 e. The molecular weight excluding hydrogens is 779 g/mol. The van der Waals surface area contributed by atoms with Crippen molar-refractivity contribution in [2.75, 3.05) is 20.3 Å². The van der Waals surface area contributed by atoms with Gasteiger partial charge in [0.2, 0.25) is 0 Å². The fourth-order valence-electron chi connectivity index (χ4n) is 9.10. The number of hydrogen-bond acceptors (Lipinski definition) is 9. The largest absolute Gasteiger partial charge is 0.497 e. The number of hydrogen-bond donors (Lipinski definition) is 0. The summed E-state index contributed by atoms with van der Waals surface area (Å²) in [6.07, 6.45) is 8.93. The number of nitrogens with zero attached hydrogens (tertiary/aromatic N) is 1. The van der Waals surface area contributed by atoms with Gasteiger partial charge in [-0.1, -0.05) is 98.8 Å². The molecule has 10 atom stereocenters. The third-order valence-corrected chi connectivity index (χ3v) is 23.7. The summed E-state index contributed by atoms with van der Waals surface area (Å²) in [6, 6.07) is 7.41. The number of esters is 1. The van der Waals surface area contributed by atoms with Crippen LogP contribution in [0, 0.1) is 35.5 Å². The Bertz CT molecular complexity index is 1680. The van der Waals surface area contributed by atoms with E-state index < -0.39 is 46.1 Å². The van der Waals surface area contributed by atoms with E-state index in [1.165, 1.54) is 11.1 Å². The van der Waals surface area contributed by atoms with Crippen molar-refractivity contribution in [3.63, 3.8) is 0 Å². The van der Waals surface area contributed by atoms with Crippen molar-refractivity contribution in [3.8, 4) is 5.75 Å². The molecule has 1 saturated heterocycles. The van der Waals surface area contributed by atoms with Crippen molar-refractivity contribution in [3.05, 3.63) is 54.6 Å². The zero-order valence-corrected chi connectivity index (χ0v) is 40.4. The summed E-state index contributed by atoms with van der Waals surface area (Å²) >= 11 is 0. The Kier molecular flexibility index (Phi) is 14.8. The van der Waals surface area contributed by atoms with Gasteiger partial charge in [0, 0.05) is 5.92 Å². The van der Waals surface area contributed by atoms with E-state index in [0.29, 0.717) is 30.4 Å². The summed E-state index contributed by atoms with van der Waals surface area (Å²) in [7, 11) is -3.17. The maximum Gasteiger partial charge on any atom is 0.314 e. The molecule has 2 saturated carbocycles. The molecule has 0 radical (unpaired) electrons. The predicted octanol–water partition coefficient (Wildman–Crippen LogP) is 9.85. The summed E-state index contributed by atoms with van der Waals surface area (Å²) in [5, 5.41) is 1.04. The Balaban J connectivity index is 1.52. The number of Topliss-reactive ketones (excluding diaryl/α,β-unsaturated/α-hetero) is 1. The Hall–Kier alpha value is -2.62. The first-order chi connectivity index (χ1) is 27.4. The highest BCUT2D eigenvalue weighted by atomic mass is 28.4. The number of ketones is 1. The van der Waals surface area contributed by atoms with E-state index in [0.717, 1.165) is 24.8 Å². The van der Waals surface area contributed by atoms with Gasteiger partial charge in [0.1, 0.15) is 48.5 Å². The number of carbonyl (C=O) groups excluding carboxylic acids is 3. The van der Waals surface area contributed by atoms with Crippen LogP contribution in [0.1, 0.15) is 99.5 Å². The van der Waals surface area contributed by atoms with E-state index in [1.54, 1.807) is 7.11 Å². The zero-order valence-electron chi connectivity index (χ0n) is 38.4. The fraction of sp³-hybridized carbons (Fsp3) is 0.723. The van der Waals surface area contributed by atoms with Crippen LogP contribution >= 0.6 is 0 Å². The monoisotopic (exact) mass is 853 g/mol. The maximum absolute atomic E-state index is 14.7. The van der Waals surface area contributed by atoms with Crippen molar-refractivity contribution < 1.29 is 42.3 Å². The van der Waals surface area contributed by atoms with Crippen molar-refractivity contribution in [2.24, 2.45) is 35.5 Å². The van der Waals surface area contributed by atoms with Gasteiger partial charge in [-0.15, -0.1) is 0 Å². The highest BCUT2D eigenvalue weighted by Crippen LogP contribution is 2.55. The third-order valence-electron chi connectivity index (χ3n) is 14.7. The molecule has 3 aliphatic carbocycles. The minimum Gasteiger partial charge on any atom is -0.497 e. The normalized spacial score (nSPS) is 30.1. The molecule has 0 N–H and O–H groups in total. The number of methoxy groups -OCH3 is 1. The molecule has 1 amide bonds. The Morgan fingerprint density at radius 1 is 0.966 bits per heavy atom. The molecule has 10 nitrogen and oxygen atoms in total. The van der Waals surface area contributed by atoms with Crippen LogP contribution in [0.2, 0.25) is 36.3 Å². The molecule has 5 rings (SSSR count). The van der Waals surface area contributed by atoms with Gasteiger partial charge in [0.05, 0.1) is 26.2 Å². The van der Waals surface area contributed by atoms with Crippen molar-refractivity contribution in [1.82, 2.24) is 5.06 Å². The molecule has 1 aromatic rings. The number of allylic oxidation sites excluding steroid dienone is 2. The van der Waals surface area contributed by atoms with E-state index in [9.17, 15) is 14.4 Å². The van der Waals surface area contributed by atoms with Crippen LogP contribution in [0.25, 0.3) is 0 Å². The second-order valence-corrected chi connectivity index (χ2v) is 30.5. The number of ether oxygens (including phenoxy) is 3. The number of hydroxylamine groups is 2. The van der Waals surface area contributed by atoms with E-state index in [4.69, 9.17) is 27.9 Å². The average Bonchev–Trinajstić information content (AvgIpc) is 3.97. The van der Waals surface area contributed by atoms with Gasteiger partial charge in [-0.25, -0.2) is 5.06 Å². The lowest BCUT2D eigenvalue weighted by Gasteiger charge is -2.50.